The molecule has 0 saturated heterocycles. The summed E-state index contributed by atoms with van der Waals surface area (Å²) < 4.78 is 0. The van der Waals surface area contributed by atoms with Crippen LogP contribution in [0.3, 0.4) is 0 Å². The second kappa shape index (κ2) is 4.98. The predicted octanol–water partition coefficient (Wildman–Crippen LogP) is 2.14. The van der Waals surface area contributed by atoms with Crippen molar-refractivity contribution < 1.29 is 10.2 Å². The van der Waals surface area contributed by atoms with E-state index in [9.17, 15) is 5.11 Å². The zero-order chi connectivity index (χ0) is 11.4. The molecule has 0 unspecified atom stereocenters. The lowest BCUT2D eigenvalue weighted by Gasteiger charge is -2.34. The van der Waals surface area contributed by atoms with Crippen LogP contribution in [0.2, 0.25) is 0 Å². The van der Waals surface area contributed by atoms with Gasteiger partial charge in [-0.15, -0.1) is 0 Å². The highest BCUT2D eigenvalue weighted by Crippen LogP contribution is 2.33. The molecule has 2 rings (SSSR count). The summed E-state index contributed by atoms with van der Waals surface area (Å²) in [4.78, 5) is 0. The van der Waals surface area contributed by atoms with Crippen LogP contribution in [0.5, 0.6) is 0 Å². The Hall–Kier alpha value is -0.860. The van der Waals surface area contributed by atoms with E-state index >= 15 is 0 Å². The summed E-state index contributed by atoms with van der Waals surface area (Å²) in [7, 11) is 0. The zero-order valence-electron chi connectivity index (χ0n) is 9.60. The predicted molar refractivity (Wildman–Crippen MR) is 64.1 cm³/mol. The molecule has 2 N–H and O–H groups in total. The first kappa shape index (κ1) is 11.6. The first-order valence-corrected chi connectivity index (χ1v) is 6.09. The van der Waals surface area contributed by atoms with E-state index in [0.717, 1.165) is 32.1 Å². The van der Waals surface area contributed by atoms with Gasteiger partial charge in [-0.1, -0.05) is 30.3 Å². The Morgan fingerprint density at radius 3 is 2.31 bits per heavy atom. The highest BCUT2D eigenvalue weighted by Gasteiger charge is 2.32. The minimum atomic E-state index is -0.798. The topological polar surface area (TPSA) is 40.5 Å². The molecular formula is C14H20O2. The van der Waals surface area contributed by atoms with E-state index in [1.54, 1.807) is 0 Å². The van der Waals surface area contributed by atoms with Crippen molar-refractivity contribution in [3.05, 3.63) is 35.9 Å². The second-order valence-corrected chi connectivity index (χ2v) is 5.02. The van der Waals surface area contributed by atoms with Crippen LogP contribution in [0.25, 0.3) is 0 Å². The largest absolute Gasteiger partial charge is 0.393 e. The van der Waals surface area contributed by atoms with Crippen LogP contribution in [-0.4, -0.2) is 22.4 Å². The van der Waals surface area contributed by atoms with Crippen LogP contribution in [0.4, 0.5) is 0 Å². The normalized spacial score (nSPS) is 30.2. The molecule has 0 aliphatic heterocycles. The van der Waals surface area contributed by atoms with Gasteiger partial charge < -0.3 is 10.2 Å². The Labute approximate surface area is 96.9 Å². The highest BCUT2D eigenvalue weighted by atomic mass is 16.3. The Bertz CT molecular complexity index is 313. The maximum Gasteiger partial charge on any atom is 0.0877 e. The van der Waals surface area contributed by atoms with E-state index in [4.69, 9.17) is 5.11 Å². The summed E-state index contributed by atoms with van der Waals surface area (Å²) in [6.45, 7) is -0.0922. The first-order valence-electron chi connectivity index (χ1n) is 6.09. The summed E-state index contributed by atoms with van der Waals surface area (Å²) in [6, 6.07) is 10.5. The quantitative estimate of drug-likeness (QED) is 0.819. The Morgan fingerprint density at radius 1 is 1.12 bits per heavy atom. The lowest BCUT2D eigenvalue weighted by Crippen LogP contribution is -2.37. The summed E-state index contributed by atoms with van der Waals surface area (Å²) in [6.07, 6.45) is 4.61. The number of benzene rings is 1. The van der Waals surface area contributed by atoms with Crippen LogP contribution in [0, 0.1) is 5.92 Å². The van der Waals surface area contributed by atoms with E-state index in [0.29, 0.717) is 5.92 Å². The number of rotatable bonds is 3. The van der Waals surface area contributed by atoms with Crippen LogP contribution >= 0.6 is 0 Å². The van der Waals surface area contributed by atoms with E-state index in [-0.39, 0.29) is 6.61 Å². The summed E-state index contributed by atoms with van der Waals surface area (Å²) in [5, 5.41) is 19.0. The van der Waals surface area contributed by atoms with Gasteiger partial charge in [-0.05, 0) is 43.6 Å². The van der Waals surface area contributed by atoms with Gasteiger partial charge in [0.15, 0.2) is 0 Å². The monoisotopic (exact) mass is 220 g/mol. The molecule has 1 aromatic carbocycles. The van der Waals surface area contributed by atoms with Gasteiger partial charge in [-0.25, -0.2) is 0 Å². The van der Waals surface area contributed by atoms with Crippen LogP contribution in [0.1, 0.15) is 31.2 Å². The molecular weight excluding hydrogens is 200 g/mol. The number of hydrogen-bond acceptors (Lipinski definition) is 2. The molecule has 0 aromatic heterocycles. The number of aliphatic hydroxyl groups is 2. The molecule has 1 fully saturated rings. The van der Waals surface area contributed by atoms with Crippen LogP contribution in [0.15, 0.2) is 30.3 Å². The highest BCUT2D eigenvalue weighted by molar-refractivity contribution is 5.15. The molecule has 0 atom stereocenters. The second-order valence-electron chi connectivity index (χ2n) is 5.02. The fourth-order valence-electron chi connectivity index (χ4n) is 2.52. The molecule has 1 aromatic rings. The van der Waals surface area contributed by atoms with Gasteiger partial charge >= 0.3 is 0 Å². The fraction of sp³-hybridized carbons (Fsp3) is 0.571. The van der Waals surface area contributed by atoms with Gasteiger partial charge in [-0.3, -0.25) is 0 Å². The van der Waals surface area contributed by atoms with Crippen molar-refractivity contribution in [2.24, 2.45) is 5.92 Å². The molecule has 1 aliphatic carbocycles. The lowest BCUT2D eigenvalue weighted by molar-refractivity contribution is -0.0516. The van der Waals surface area contributed by atoms with E-state index in [1.165, 1.54) is 5.56 Å². The minimum absolute atomic E-state index is 0.0922. The van der Waals surface area contributed by atoms with Gasteiger partial charge in [0.05, 0.1) is 12.2 Å². The number of hydrogen-bond donors (Lipinski definition) is 2. The maximum atomic E-state index is 9.91. The average molecular weight is 220 g/mol. The third-order valence-corrected chi connectivity index (χ3v) is 3.70. The Morgan fingerprint density at radius 2 is 1.75 bits per heavy atom. The molecule has 0 radical (unpaired) electrons. The summed E-state index contributed by atoms with van der Waals surface area (Å²) >= 11 is 0. The standard InChI is InChI=1S/C14H20O2/c15-11-14(16)8-6-13(7-9-14)10-12-4-2-1-3-5-12/h1-5,13,15-16H,6-11H2. The SMILES string of the molecule is OCC1(O)CCC(Cc2ccccc2)CC1. The Kier molecular flexibility index (Phi) is 3.62. The maximum absolute atomic E-state index is 9.91. The van der Waals surface area contributed by atoms with Crippen molar-refractivity contribution in [2.45, 2.75) is 37.7 Å². The van der Waals surface area contributed by atoms with Gasteiger partial charge in [0.25, 0.3) is 0 Å². The fourth-order valence-corrected chi connectivity index (χ4v) is 2.52. The molecule has 2 heteroatoms. The molecule has 0 heterocycles. The van der Waals surface area contributed by atoms with Crippen molar-refractivity contribution in [1.82, 2.24) is 0 Å². The van der Waals surface area contributed by atoms with Gasteiger partial charge in [0, 0.05) is 0 Å². The van der Waals surface area contributed by atoms with Crippen molar-refractivity contribution in [3.8, 4) is 0 Å². The lowest BCUT2D eigenvalue weighted by atomic mass is 9.77. The minimum Gasteiger partial charge on any atom is -0.393 e. The van der Waals surface area contributed by atoms with Crippen LogP contribution in [-0.2, 0) is 6.42 Å². The molecule has 1 saturated carbocycles. The molecule has 0 amide bonds. The third-order valence-electron chi connectivity index (χ3n) is 3.70. The molecule has 2 nitrogen and oxygen atoms in total. The van der Waals surface area contributed by atoms with Crippen molar-refractivity contribution >= 4 is 0 Å². The van der Waals surface area contributed by atoms with Crippen LogP contribution < -0.4 is 0 Å². The van der Waals surface area contributed by atoms with Gasteiger partial charge in [0.2, 0.25) is 0 Å². The average Bonchev–Trinajstić information content (AvgIpc) is 2.34. The van der Waals surface area contributed by atoms with Crippen molar-refractivity contribution in [2.75, 3.05) is 6.61 Å². The smallest absolute Gasteiger partial charge is 0.0877 e. The third kappa shape index (κ3) is 2.83. The molecule has 88 valence electrons. The van der Waals surface area contributed by atoms with E-state index in [1.807, 2.05) is 6.07 Å². The molecule has 16 heavy (non-hydrogen) atoms. The molecule has 1 aliphatic rings. The van der Waals surface area contributed by atoms with Crippen molar-refractivity contribution in [3.63, 3.8) is 0 Å². The first-order chi connectivity index (χ1) is 7.72. The van der Waals surface area contributed by atoms with Gasteiger partial charge in [0.1, 0.15) is 0 Å². The summed E-state index contributed by atoms with van der Waals surface area (Å²) in [5.74, 6) is 0.661. The zero-order valence-corrected chi connectivity index (χ0v) is 9.60. The van der Waals surface area contributed by atoms with Crippen molar-refractivity contribution in [1.29, 1.82) is 0 Å². The van der Waals surface area contributed by atoms with Gasteiger partial charge in [-0.2, -0.15) is 0 Å². The Balaban J connectivity index is 1.86. The molecule has 0 bridgehead atoms. The summed E-state index contributed by atoms with van der Waals surface area (Å²) in [5.41, 5.74) is 0.578. The molecule has 0 spiro atoms. The van der Waals surface area contributed by atoms with E-state index < -0.39 is 5.60 Å². The number of aliphatic hydroxyl groups excluding tert-OH is 1. The van der Waals surface area contributed by atoms with E-state index in [2.05, 4.69) is 24.3 Å².